The molecule has 1 aliphatic heterocycles. The van der Waals surface area contributed by atoms with E-state index in [9.17, 15) is 14.9 Å². The Morgan fingerprint density at radius 3 is 2.50 bits per heavy atom. The van der Waals surface area contributed by atoms with Crippen molar-refractivity contribution in [2.24, 2.45) is 0 Å². The molecule has 0 bridgehead atoms. The highest BCUT2D eigenvalue weighted by atomic mass is 16.6. The van der Waals surface area contributed by atoms with Crippen molar-refractivity contribution in [2.45, 2.75) is 19.4 Å². The van der Waals surface area contributed by atoms with Gasteiger partial charge >= 0.3 is 11.8 Å². The molecule has 1 aromatic heterocycles. The Balaban J connectivity index is 1.37. The number of rotatable bonds is 8. The highest BCUT2D eigenvalue weighted by Gasteiger charge is 2.31. The van der Waals surface area contributed by atoms with Crippen LogP contribution in [-0.2, 0) is 11.2 Å². The van der Waals surface area contributed by atoms with Crippen LogP contribution in [0, 0.1) is 10.1 Å². The molecule has 0 spiro atoms. The van der Waals surface area contributed by atoms with Crippen LogP contribution in [0.15, 0.2) is 66.9 Å². The normalized spacial score (nSPS) is 15.3. The lowest BCUT2D eigenvalue weighted by Crippen LogP contribution is -2.34. The molecule has 3 aromatic rings. The molecule has 2 heterocycles. The van der Waals surface area contributed by atoms with Gasteiger partial charge in [0.1, 0.15) is 18.1 Å². The van der Waals surface area contributed by atoms with Crippen molar-refractivity contribution in [1.82, 2.24) is 9.88 Å². The van der Waals surface area contributed by atoms with Crippen molar-refractivity contribution in [3.8, 4) is 11.5 Å². The summed E-state index contributed by atoms with van der Waals surface area (Å²) in [5.41, 5.74) is 1.66. The second-order valence-electron chi connectivity index (χ2n) is 7.24. The van der Waals surface area contributed by atoms with Crippen LogP contribution in [0.3, 0.4) is 0 Å². The lowest BCUT2D eigenvalue weighted by Gasteiger charge is -2.19. The smallest absolute Gasteiger partial charge is 0.410 e. The van der Waals surface area contributed by atoms with Crippen LogP contribution in [0.5, 0.6) is 11.5 Å². The maximum absolute atomic E-state index is 11.7. The predicted molar refractivity (Wildman–Crippen MR) is 118 cm³/mol. The average Bonchev–Trinajstić information content (AvgIpc) is 3.15. The molecule has 9 nitrogen and oxygen atoms in total. The first-order valence-electron chi connectivity index (χ1n) is 10.2. The molecule has 1 amide bonds. The SMILES string of the molecule is CCN1C(=O)OC[C@@H]1Cc1ccc(Oc2ccc(Nc3ncccc3[N+](=O)[O-])cc2)cc1. The zero-order valence-corrected chi connectivity index (χ0v) is 17.4. The van der Waals surface area contributed by atoms with Gasteiger partial charge in [-0.15, -0.1) is 0 Å². The first-order valence-corrected chi connectivity index (χ1v) is 10.2. The highest BCUT2D eigenvalue weighted by Crippen LogP contribution is 2.28. The number of ether oxygens (including phenoxy) is 2. The van der Waals surface area contributed by atoms with Crippen LogP contribution in [-0.4, -0.2) is 40.1 Å². The van der Waals surface area contributed by atoms with Crippen molar-refractivity contribution in [3.05, 3.63) is 82.5 Å². The first-order chi connectivity index (χ1) is 15.5. The number of anilines is 2. The summed E-state index contributed by atoms with van der Waals surface area (Å²) in [5.74, 6) is 1.49. The fourth-order valence-electron chi connectivity index (χ4n) is 3.53. The number of hydrogen-bond donors (Lipinski definition) is 1. The number of carbonyl (C=O) groups excluding carboxylic acids is 1. The number of cyclic esters (lactones) is 1. The standard InChI is InChI=1S/C23H22N4O5/c1-2-26-18(15-31-23(26)28)14-16-5-9-19(10-6-16)32-20-11-7-17(8-12-20)25-22-21(27(29)30)4-3-13-24-22/h3-13,18H,2,14-15H2,1H3,(H,24,25)/t18-/m0/s1. The Hall–Kier alpha value is -4.14. The van der Waals surface area contributed by atoms with E-state index in [0.29, 0.717) is 30.3 Å². The number of pyridine rings is 1. The Morgan fingerprint density at radius 1 is 1.16 bits per heavy atom. The second-order valence-corrected chi connectivity index (χ2v) is 7.24. The number of likely N-dealkylation sites (N-methyl/N-ethyl adjacent to an activating group) is 1. The van der Waals surface area contributed by atoms with Gasteiger partial charge in [-0.1, -0.05) is 12.1 Å². The molecular formula is C23H22N4O5. The zero-order chi connectivity index (χ0) is 22.5. The fraction of sp³-hybridized carbons (Fsp3) is 0.217. The summed E-state index contributed by atoms with van der Waals surface area (Å²) >= 11 is 0. The van der Waals surface area contributed by atoms with Crippen molar-refractivity contribution in [2.75, 3.05) is 18.5 Å². The number of nitro groups is 1. The molecule has 0 unspecified atom stereocenters. The Bertz CT molecular complexity index is 1100. The fourth-order valence-corrected chi connectivity index (χ4v) is 3.53. The topological polar surface area (TPSA) is 107 Å². The predicted octanol–water partition coefficient (Wildman–Crippen LogP) is 4.91. The van der Waals surface area contributed by atoms with Crippen LogP contribution < -0.4 is 10.1 Å². The van der Waals surface area contributed by atoms with E-state index in [1.165, 1.54) is 18.3 Å². The van der Waals surface area contributed by atoms with Gasteiger partial charge in [-0.25, -0.2) is 9.78 Å². The van der Waals surface area contributed by atoms with E-state index >= 15 is 0 Å². The molecule has 0 radical (unpaired) electrons. The molecule has 2 aromatic carbocycles. The van der Waals surface area contributed by atoms with Crippen LogP contribution >= 0.6 is 0 Å². The molecule has 1 aliphatic rings. The van der Waals surface area contributed by atoms with Crippen molar-refractivity contribution in [1.29, 1.82) is 0 Å². The average molecular weight is 434 g/mol. The number of carbonyl (C=O) groups is 1. The summed E-state index contributed by atoms with van der Waals surface area (Å²) in [5, 5.41) is 14.1. The number of nitrogens with zero attached hydrogens (tertiary/aromatic N) is 3. The third kappa shape index (κ3) is 4.77. The van der Waals surface area contributed by atoms with Gasteiger partial charge in [-0.05, 0) is 61.4 Å². The van der Waals surface area contributed by atoms with E-state index in [0.717, 1.165) is 12.0 Å². The van der Waals surface area contributed by atoms with Gasteiger partial charge in [-0.3, -0.25) is 10.1 Å². The third-order valence-corrected chi connectivity index (χ3v) is 5.15. The number of amides is 1. The molecule has 0 aliphatic carbocycles. The molecule has 164 valence electrons. The summed E-state index contributed by atoms with van der Waals surface area (Å²) in [6, 6.07) is 17.7. The lowest BCUT2D eigenvalue weighted by molar-refractivity contribution is -0.384. The van der Waals surface area contributed by atoms with E-state index < -0.39 is 4.92 Å². The quantitative estimate of drug-likeness (QED) is 0.396. The van der Waals surface area contributed by atoms with Gasteiger partial charge in [0.15, 0.2) is 0 Å². The molecule has 1 atom stereocenters. The Labute approximate surface area is 184 Å². The summed E-state index contributed by atoms with van der Waals surface area (Å²) in [6.45, 7) is 2.98. The zero-order valence-electron chi connectivity index (χ0n) is 17.4. The van der Waals surface area contributed by atoms with Crippen LogP contribution in [0.4, 0.5) is 22.0 Å². The van der Waals surface area contributed by atoms with Crippen molar-refractivity contribution >= 4 is 23.3 Å². The lowest BCUT2D eigenvalue weighted by atomic mass is 10.1. The summed E-state index contributed by atoms with van der Waals surface area (Å²) < 4.78 is 11.0. The van der Waals surface area contributed by atoms with Crippen molar-refractivity contribution < 1.29 is 19.2 Å². The van der Waals surface area contributed by atoms with E-state index in [1.807, 2.05) is 31.2 Å². The minimum Gasteiger partial charge on any atom is -0.457 e. The van der Waals surface area contributed by atoms with E-state index in [4.69, 9.17) is 9.47 Å². The van der Waals surface area contributed by atoms with Gasteiger partial charge in [-0.2, -0.15) is 0 Å². The monoisotopic (exact) mass is 434 g/mol. The summed E-state index contributed by atoms with van der Waals surface area (Å²) in [4.78, 5) is 28.1. The number of nitrogens with one attached hydrogen (secondary N) is 1. The van der Waals surface area contributed by atoms with Crippen LogP contribution in [0.2, 0.25) is 0 Å². The minimum absolute atomic E-state index is 0.0502. The molecular weight excluding hydrogens is 412 g/mol. The first kappa shape index (κ1) is 21.1. The van der Waals surface area contributed by atoms with E-state index in [1.54, 1.807) is 29.2 Å². The largest absolute Gasteiger partial charge is 0.457 e. The molecule has 32 heavy (non-hydrogen) atoms. The van der Waals surface area contributed by atoms with Gasteiger partial charge < -0.3 is 19.7 Å². The van der Waals surface area contributed by atoms with E-state index in [2.05, 4.69) is 10.3 Å². The molecule has 0 saturated carbocycles. The molecule has 1 saturated heterocycles. The maximum Gasteiger partial charge on any atom is 0.410 e. The molecule has 9 heteroatoms. The third-order valence-electron chi connectivity index (χ3n) is 5.15. The minimum atomic E-state index is -0.478. The van der Waals surface area contributed by atoms with Crippen LogP contribution in [0.25, 0.3) is 0 Å². The van der Waals surface area contributed by atoms with Gasteiger partial charge in [0.2, 0.25) is 5.82 Å². The van der Waals surface area contributed by atoms with E-state index in [-0.39, 0.29) is 23.6 Å². The van der Waals surface area contributed by atoms with Crippen LogP contribution in [0.1, 0.15) is 12.5 Å². The number of hydrogen-bond acceptors (Lipinski definition) is 7. The summed E-state index contributed by atoms with van der Waals surface area (Å²) in [7, 11) is 0. The summed E-state index contributed by atoms with van der Waals surface area (Å²) in [6.07, 6.45) is 1.96. The molecule has 1 N–H and O–H groups in total. The number of benzene rings is 2. The number of aromatic nitrogens is 1. The Morgan fingerprint density at radius 2 is 1.84 bits per heavy atom. The maximum atomic E-state index is 11.7. The second kappa shape index (κ2) is 9.34. The van der Waals surface area contributed by atoms with Gasteiger partial charge in [0.05, 0.1) is 11.0 Å². The highest BCUT2D eigenvalue weighted by molar-refractivity contribution is 5.70. The van der Waals surface area contributed by atoms with Crippen molar-refractivity contribution in [3.63, 3.8) is 0 Å². The Kier molecular flexibility index (Phi) is 6.16. The molecule has 1 fully saturated rings. The van der Waals surface area contributed by atoms with Gasteiger partial charge in [0.25, 0.3) is 0 Å². The van der Waals surface area contributed by atoms with Gasteiger partial charge in [0, 0.05) is 24.5 Å². The molecule has 4 rings (SSSR count).